The van der Waals surface area contributed by atoms with Crippen molar-refractivity contribution in [3.63, 3.8) is 0 Å². The lowest BCUT2D eigenvalue weighted by Gasteiger charge is -2.18. The Bertz CT molecular complexity index is 1200. The lowest BCUT2D eigenvalue weighted by Crippen LogP contribution is -2.28. The summed E-state index contributed by atoms with van der Waals surface area (Å²) in [6, 6.07) is 13.7. The van der Waals surface area contributed by atoms with Crippen molar-refractivity contribution in [1.82, 2.24) is 10.2 Å². The van der Waals surface area contributed by atoms with Gasteiger partial charge in [0, 0.05) is 12.1 Å². The fraction of sp³-hybridized carbons (Fsp3) is 0.208. The molecule has 5 rings (SSSR count). The summed E-state index contributed by atoms with van der Waals surface area (Å²) >= 11 is 0. The Morgan fingerprint density at radius 2 is 1.75 bits per heavy atom. The maximum atomic E-state index is 12.7. The summed E-state index contributed by atoms with van der Waals surface area (Å²) in [6.07, 6.45) is 2.10. The molecule has 0 aliphatic carbocycles. The number of nitrogens with zero attached hydrogens (tertiary/aromatic N) is 1. The Balaban J connectivity index is 1.23. The van der Waals surface area contributed by atoms with E-state index in [2.05, 4.69) is 5.32 Å². The summed E-state index contributed by atoms with van der Waals surface area (Å²) in [5, 5.41) is 2.86. The minimum Gasteiger partial charge on any atom is -0.486 e. The van der Waals surface area contributed by atoms with Crippen LogP contribution in [-0.4, -0.2) is 42.4 Å². The van der Waals surface area contributed by atoms with Crippen molar-refractivity contribution >= 4 is 17.7 Å². The molecule has 0 spiro atoms. The van der Waals surface area contributed by atoms with Crippen molar-refractivity contribution in [2.45, 2.75) is 13.0 Å². The standard InChI is InChI=1S/C24H20N2O6/c27-22(25-8-7-15-3-6-20-21(12-15)32-11-10-31-20)16-4-5-18-19(13-16)24(29)26(23(18)28)14-17-2-1-9-30-17/h1-6,9,12-13H,7-8,10-11,14H2,(H,25,27). The van der Waals surface area contributed by atoms with Crippen LogP contribution in [0.4, 0.5) is 0 Å². The summed E-state index contributed by atoms with van der Waals surface area (Å²) in [5.41, 5.74) is 1.85. The van der Waals surface area contributed by atoms with E-state index in [1.807, 2.05) is 18.2 Å². The Labute approximate surface area is 183 Å². The van der Waals surface area contributed by atoms with Crippen molar-refractivity contribution in [3.05, 3.63) is 82.8 Å². The lowest BCUT2D eigenvalue weighted by atomic mass is 10.1. The molecule has 0 atom stereocenters. The van der Waals surface area contributed by atoms with E-state index in [-0.39, 0.29) is 23.6 Å². The molecule has 8 nitrogen and oxygen atoms in total. The molecule has 0 bridgehead atoms. The normalized spacial score (nSPS) is 14.4. The van der Waals surface area contributed by atoms with E-state index in [0.717, 1.165) is 16.2 Å². The molecular formula is C24H20N2O6. The van der Waals surface area contributed by atoms with Crippen LogP contribution >= 0.6 is 0 Å². The predicted octanol–water partition coefficient (Wildman–Crippen LogP) is 2.82. The Kier molecular flexibility index (Phi) is 5.10. The first-order chi connectivity index (χ1) is 15.6. The van der Waals surface area contributed by atoms with E-state index in [9.17, 15) is 14.4 Å². The zero-order chi connectivity index (χ0) is 22.1. The number of hydrogen-bond donors (Lipinski definition) is 1. The third kappa shape index (κ3) is 3.71. The number of nitrogens with one attached hydrogen (secondary N) is 1. The lowest BCUT2D eigenvalue weighted by molar-refractivity contribution is 0.0631. The van der Waals surface area contributed by atoms with Gasteiger partial charge < -0.3 is 19.2 Å². The second-order valence-electron chi connectivity index (χ2n) is 7.52. The molecule has 2 aliphatic heterocycles. The summed E-state index contributed by atoms with van der Waals surface area (Å²) in [4.78, 5) is 39.1. The van der Waals surface area contributed by atoms with E-state index in [4.69, 9.17) is 13.9 Å². The van der Waals surface area contributed by atoms with Gasteiger partial charge in [-0.15, -0.1) is 0 Å². The number of carbonyl (C=O) groups excluding carboxylic acids is 3. The maximum absolute atomic E-state index is 12.7. The van der Waals surface area contributed by atoms with E-state index in [1.165, 1.54) is 18.4 Å². The quantitative estimate of drug-likeness (QED) is 0.602. The van der Waals surface area contributed by atoms with E-state index < -0.39 is 11.8 Å². The molecule has 1 aromatic heterocycles. The van der Waals surface area contributed by atoms with Crippen molar-refractivity contribution in [2.75, 3.05) is 19.8 Å². The Morgan fingerprint density at radius 1 is 0.938 bits per heavy atom. The number of hydrogen-bond acceptors (Lipinski definition) is 6. The van der Waals surface area contributed by atoms with Crippen LogP contribution in [0.2, 0.25) is 0 Å². The Morgan fingerprint density at radius 3 is 2.56 bits per heavy atom. The topological polar surface area (TPSA) is 98.1 Å². The van der Waals surface area contributed by atoms with Gasteiger partial charge in [0.2, 0.25) is 0 Å². The average molecular weight is 432 g/mol. The number of carbonyl (C=O) groups is 3. The second kappa shape index (κ2) is 8.22. The molecule has 8 heteroatoms. The summed E-state index contributed by atoms with van der Waals surface area (Å²) in [5.74, 6) is 0.800. The molecule has 0 radical (unpaired) electrons. The fourth-order valence-electron chi connectivity index (χ4n) is 3.80. The number of fused-ring (bicyclic) bond motifs is 2. The molecule has 2 aliphatic rings. The van der Waals surface area contributed by atoms with Crippen LogP contribution in [0, 0.1) is 0 Å². The van der Waals surface area contributed by atoms with E-state index in [1.54, 1.807) is 18.2 Å². The molecule has 0 saturated heterocycles. The summed E-state index contributed by atoms with van der Waals surface area (Å²) < 4.78 is 16.3. The Hall–Kier alpha value is -4.07. The molecule has 0 unspecified atom stereocenters. The van der Waals surface area contributed by atoms with Gasteiger partial charge in [0.05, 0.1) is 23.9 Å². The molecule has 2 aromatic carbocycles. The van der Waals surface area contributed by atoms with Crippen LogP contribution in [0.15, 0.2) is 59.2 Å². The first-order valence-corrected chi connectivity index (χ1v) is 10.3. The number of ether oxygens (including phenoxy) is 2. The molecule has 162 valence electrons. The molecule has 3 heterocycles. The highest BCUT2D eigenvalue weighted by atomic mass is 16.6. The van der Waals surface area contributed by atoms with Gasteiger partial charge in [-0.05, 0) is 54.4 Å². The highest BCUT2D eigenvalue weighted by Crippen LogP contribution is 2.31. The van der Waals surface area contributed by atoms with Gasteiger partial charge in [-0.2, -0.15) is 0 Å². The monoisotopic (exact) mass is 432 g/mol. The minimum atomic E-state index is -0.438. The number of amides is 3. The van der Waals surface area contributed by atoms with Gasteiger partial charge in [-0.25, -0.2) is 0 Å². The van der Waals surface area contributed by atoms with Crippen molar-refractivity contribution in [2.24, 2.45) is 0 Å². The summed E-state index contributed by atoms with van der Waals surface area (Å²) in [7, 11) is 0. The molecule has 32 heavy (non-hydrogen) atoms. The zero-order valence-corrected chi connectivity index (χ0v) is 17.1. The molecule has 1 N–H and O–H groups in total. The van der Waals surface area contributed by atoms with Crippen LogP contribution in [-0.2, 0) is 13.0 Å². The highest BCUT2D eigenvalue weighted by molar-refractivity contribution is 6.22. The van der Waals surface area contributed by atoms with Crippen LogP contribution < -0.4 is 14.8 Å². The predicted molar refractivity (Wildman–Crippen MR) is 113 cm³/mol. The molecule has 3 aromatic rings. The molecule has 0 saturated carbocycles. The van der Waals surface area contributed by atoms with E-state index in [0.29, 0.717) is 43.3 Å². The number of benzene rings is 2. The smallest absolute Gasteiger partial charge is 0.261 e. The van der Waals surface area contributed by atoms with Crippen LogP contribution in [0.3, 0.4) is 0 Å². The summed E-state index contributed by atoms with van der Waals surface area (Å²) in [6.45, 7) is 1.52. The first-order valence-electron chi connectivity index (χ1n) is 10.3. The number of rotatable bonds is 6. The van der Waals surface area contributed by atoms with Gasteiger partial charge in [-0.3, -0.25) is 19.3 Å². The average Bonchev–Trinajstić information content (AvgIpc) is 3.42. The SMILES string of the molecule is O=C(NCCc1ccc2c(c1)OCCO2)c1ccc2c(c1)C(=O)N(Cc1ccco1)C2=O. The number of furan rings is 1. The molecule has 3 amide bonds. The van der Waals surface area contributed by atoms with Crippen molar-refractivity contribution in [3.8, 4) is 11.5 Å². The molecular weight excluding hydrogens is 412 g/mol. The van der Waals surface area contributed by atoms with Gasteiger partial charge in [0.1, 0.15) is 19.0 Å². The van der Waals surface area contributed by atoms with Crippen molar-refractivity contribution in [1.29, 1.82) is 0 Å². The first kappa shape index (κ1) is 19.9. The number of imide groups is 1. The second-order valence-corrected chi connectivity index (χ2v) is 7.52. The zero-order valence-electron chi connectivity index (χ0n) is 17.1. The highest BCUT2D eigenvalue weighted by Gasteiger charge is 2.36. The molecule has 0 fully saturated rings. The third-order valence-electron chi connectivity index (χ3n) is 5.43. The van der Waals surface area contributed by atoms with Gasteiger partial charge in [0.15, 0.2) is 11.5 Å². The van der Waals surface area contributed by atoms with Gasteiger partial charge in [0.25, 0.3) is 17.7 Å². The maximum Gasteiger partial charge on any atom is 0.261 e. The van der Waals surface area contributed by atoms with Gasteiger partial charge >= 0.3 is 0 Å². The van der Waals surface area contributed by atoms with Gasteiger partial charge in [-0.1, -0.05) is 6.07 Å². The minimum absolute atomic E-state index is 0.0520. The van der Waals surface area contributed by atoms with Crippen LogP contribution in [0.1, 0.15) is 42.4 Å². The van der Waals surface area contributed by atoms with Crippen LogP contribution in [0.25, 0.3) is 0 Å². The fourth-order valence-corrected chi connectivity index (χ4v) is 3.80. The third-order valence-corrected chi connectivity index (χ3v) is 5.43. The van der Waals surface area contributed by atoms with Crippen molar-refractivity contribution < 1.29 is 28.3 Å². The largest absolute Gasteiger partial charge is 0.486 e. The van der Waals surface area contributed by atoms with E-state index >= 15 is 0 Å². The van der Waals surface area contributed by atoms with Crippen LogP contribution in [0.5, 0.6) is 11.5 Å².